The molecule has 0 radical (unpaired) electrons. The van der Waals surface area contributed by atoms with E-state index in [4.69, 9.17) is 4.74 Å². The van der Waals surface area contributed by atoms with Gasteiger partial charge >= 0.3 is 5.97 Å². The van der Waals surface area contributed by atoms with Crippen LogP contribution in [0.1, 0.15) is 22.7 Å². The Bertz CT molecular complexity index is 710. The number of nitrogens with one attached hydrogen (secondary N) is 1. The average molecular weight is 345 g/mol. The van der Waals surface area contributed by atoms with Crippen LogP contribution >= 0.6 is 0 Å². The average Bonchev–Trinajstić information content (AvgIpc) is 2.59. The minimum atomic E-state index is -1.17. The zero-order valence-electron chi connectivity index (χ0n) is 14.0. The number of phenols is 2. The smallest absolute Gasteiger partial charge is 0.333 e. The second-order valence-corrected chi connectivity index (χ2v) is 5.83. The topological polar surface area (TPSA) is 99.0 Å². The first-order chi connectivity index (χ1) is 11.9. The van der Waals surface area contributed by atoms with Crippen LogP contribution < -0.4 is 5.32 Å². The Kier molecular flexibility index (Phi) is 6.01. The van der Waals surface area contributed by atoms with Crippen molar-refractivity contribution < 1.29 is 24.9 Å². The second kappa shape index (κ2) is 8.00. The van der Waals surface area contributed by atoms with Crippen LogP contribution in [0.5, 0.6) is 11.5 Å². The Morgan fingerprint density at radius 2 is 2.00 bits per heavy atom. The maximum absolute atomic E-state index is 11.4. The van der Waals surface area contributed by atoms with Gasteiger partial charge in [0.05, 0.1) is 18.2 Å². The molecule has 0 amide bonds. The van der Waals surface area contributed by atoms with Crippen LogP contribution in [-0.4, -0.2) is 40.5 Å². The van der Waals surface area contributed by atoms with Crippen LogP contribution in [-0.2, 0) is 22.4 Å². The normalized spacial score (nSPS) is 20.0. The van der Waals surface area contributed by atoms with Gasteiger partial charge in [0.1, 0.15) is 17.6 Å². The number of ether oxygens (including phenoxy) is 1. The fourth-order valence-electron chi connectivity index (χ4n) is 3.06. The number of carboxylic acids is 1. The molecule has 1 aliphatic heterocycles. The number of carbonyl (C=O) groups is 1. The molecule has 1 aromatic rings. The Labute approximate surface area is 146 Å². The predicted molar refractivity (Wildman–Crippen MR) is 94.8 cm³/mol. The first-order valence-corrected chi connectivity index (χ1v) is 7.97. The van der Waals surface area contributed by atoms with Gasteiger partial charge < -0.3 is 25.4 Å². The number of allylic oxidation sites excluding steroid dienone is 2. The van der Waals surface area contributed by atoms with Crippen molar-refractivity contribution >= 4 is 5.97 Å². The molecule has 134 valence electrons. The van der Waals surface area contributed by atoms with Crippen molar-refractivity contribution in [2.45, 2.75) is 25.0 Å². The molecule has 1 saturated heterocycles. The van der Waals surface area contributed by atoms with Crippen molar-refractivity contribution in [3.05, 3.63) is 60.2 Å². The highest BCUT2D eigenvalue weighted by Gasteiger charge is 2.36. The zero-order valence-corrected chi connectivity index (χ0v) is 14.0. The number of rotatable bonds is 7. The fraction of sp³-hybridized carbons (Fsp3) is 0.316. The molecular weight excluding hydrogens is 322 g/mol. The van der Waals surface area contributed by atoms with Crippen LogP contribution in [0.3, 0.4) is 0 Å². The van der Waals surface area contributed by atoms with Crippen molar-refractivity contribution in [3.8, 4) is 11.5 Å². The summed E-state index contributed by atoms with van der Waals surface area (Å²) in [5.74, 6) is -1.17. The van der Waals surface area contributed by atoms with E-state index in [0.717, 1.165) is 0 Å². The van der Waals surface area contributed by atoms with Crippen molar-refractivity contribution in [2.75, 3.05) is 13.2 Å². The first-order valence-electron chi connectivity index (χ1n) is 7.97. The number of aromatic hydroxyl groups is 2. The van der Waals surface area contributed by atoms with Gasteiger partial charge in [-0.2, -0.15) is 0 Å². The van der Waals surface area contributed by atoms with Gasteiger partial charge in [-0.15, -0.1) is 13.2 Å². The fourth-order valence-corrected chi connectivity index (χ4v) is 3.06. The second-order valence-electron chi connectivity index (χ2n) is 5.83. The molecule has 1 aromatic carbocycles. The minimum Gasteiger partial charge on any atom is -0.508 e. The summed E-state index contributed by atoms with van der Waals surface area (Å²) >= 11 is 0. The molecule has 1 aliphatic rings. The summed E-state index contributed by atoms with van der Waals surface area (Å²) in [5, 5.41) is 33.7. The quantitative estimate of drug-likeness (QED) is 0.344. The largest absolute Gasteiger partial charge is 0.508 e. The molecule has 0 bridgehead atoms. The number of hydrogen-bond acceptors (Lipinski definition) is 5. The summed E-state index contributed by atoms with van der Waals surface area (Å²) in [6, 6.07) is 0.840. The van der Waals surface area contributed by atoms with Gasteiger partial charge in [0, 0.05) is 23.2 Å². The van der Waals surface area contributed by atoms with Crippen LogP contribution in [0.15, 0.2) is 43.5 Å². The highest BCUT2D eigenvalue weighted by molar-refractivity contribution is 5.87. The Morgan fingerprint density at radius 3 is 2.60 bits per heavy atom. The van der Waals surface area contributed by atoms with Gasteiger partial charge in [0.2, 0.25) is 0 Å². The number of benzene rings is 1. The van der Waals surface area contributed by atoms with E-state index in [0.29, 0.717) is 42.7 Å². The van der Waals surface area contributed by atoms with E-state index in [1.165, 1.54) is 6.07 Å². The highest BCUT2D eigenvalue weighted by atomic mass is 16.5. The molecular formula is C19H23NO5. The summed E-state index contributed by atoms with van der Waals surface area (Å²) in [6.07, 6.45) is 3.03. The third kappa shape index (κ3) is 3.75. The number of aliphatic carboxylic acids is 1. The van der Waals surface area contributed by atoms with Gasteiger partial charge in [-0.25, -0.2) is 4.79 Å². The molecule has 2 rings (SSSR count). The summed E-state index contributed by atoms with van der Waals surface area (Å²) in [5.41, 5.74) is 1.27. The van der Waals surface area contributed by atoms with E-state index in [-0.39, 0.29) is 17.1 Å². The van der Waals surface area contributed by atoms with Gasteiger partial charge in [0.15, 0.2) is 0 Å². The van der Waals surface area contributed by atoms with E-state index >= 15 is 0 Å². The third-order valence-electron chi connectivity index (χ3n) is 4.21. The SMILES string of the molecule is C=CCc1cc(O)c(CC=C)c(C2NCCOC2C(=C)C(=O)O)c1O. The van der Waals surface area contributed by atoms with Crippen molar-refractivity contribution in [1.29, 1.82) is 0 Å². The molecule has 2 unspecified atom stereocenters. The summed E-state index contributed by atoms with van der Waals surface area (Å²) in [4.78, 5) is 11.4. The maximum Gasteiger partial charge on any atom is 0.333 e. The first kappa shape index (κ1) is 18.8. The Hall–Kier alpha value is -2.57. The van der Waals surface area contributed by atoms with Crippen LogP contribution in [0.2, 0.25) is 0 Å². The van der Waals surface area contributed by atoms with E-state index < -0.39 is 18.1 Å². The molecule has 1 fully saturated rings. The summed E-state index contributed by atoms with van der Waals surface area (Å²) in [6.45, 7) is 11.7. The van der Waals surface area contributed by atoms with Gasteiger partial charge in [-0.1, -0.05) is 18.7 Å². The number of hydrogen-bond donors (Lipinski definition) is 4. The van der Waals surface area contributed by atoms with Crippen molar-refractivity contribution in [2.24, 2.45) is 0 Å². The van der Waals surface area contributed by atoms with E-state index in [9.17, 15) is 20.1 Å². The minimum absolute atomic E-state index is 0.0108. The molecule has 6 heteroatoms. The molecule has 6 nitrogen and oxygen atoms in total. The summed E-state index contributed by atoms with van der Waals surface area (Å²) < 4.78 is 5.61. The van der Waals surface area contributed by atoms with Crippen LogP contribution in [0.25, 0.3) is 0 Å². The molecule has 0 saturated carbocycles. The van der Waals surface area contributed by atoms with Crippen LogP contribution in [0.4, 0.5) is 0 Å². The monoisotopic (exact) mass is 345 g/mol. The predicted octanol–water partition coefficient (Wildman–Crippen LogP) is 2.23. The number of carboxylic acid groups (broad SMARTS) is 1. The lowest BCUT2D eigenvalue weighted by molar-refractivity contribution is -0.135. The van der Waals surface area contributed by atoms with Crippen LogP contribution in [0, 0.1) is 0 Å². The van der Waals surface area contributed by atoms with Crippen molar-refractivity contribution in [1.82, 2.24) is 5.32 Å². The molecule has 0 spiro atoms. The molecule has 4 N–H and O–H groups in total. The van der Waals surface area contributed by atoms with Gasteiger partial charge in [-0.3, -0.25) is 0 Å². The molecule has 2 atom stereocenters. The molecule has 0 aliphatic carbocycles. The Balaban J connectivity index is 2.63. The van der Waals surface area contributed by atoms with Gasteiger partial charge in [-0.05, 0) is 18.9 Å². The Morgan fingerprint density at radius 1 is 1.32 bits per heavy atom. The molecule has 0 aromatic heterocycles. The standard InChI is InChI=1S/C19H23NO5/c1-4-6-12-10-14(21)13(7-5-2)15(17(12)22)16-18(11(3)19(23)24)25-9-8-20-16/h4-5,10,16,18,20-22H,1-3,6-9H2,(H,23,24). The number of phenolic OH excluding ortho intramolecular Hbond substituents is 2. The molecule has 1 heterocycles. The van der Waals surface area contributed by atoms with E-state index in [2.05, 4.69) is 25.1 Å². The lowest BCUT2D eigenvalue weighted by atomic mass is 9.87. The van der Waals surface area contributed by atoms with Gasteiger partial charge in [0.25, 0.3) is 0 Å². The van der Waals surface area contributed by atoms with Crippen molar-refractivity contribution in [3.63, 3.8) is 0 Å². The number of morpholine rings is 1. The summed E-state index contributed by atoms with van der Waals surface area (Å²) in [7, 11) is 0. The lowest BCUT2D eigenvalue weighted by Gasteiger charge is -2.35. The zero-order chi connectivity index (χ0) is 18.6. The van der Waals surface area contributed by atoms with E-state index in [1.54, 1.807) is 12.2 Å². The van der Waals surface area contributed by atoms with E-state index in [1.807, 2.05) is 0 Å². The lowest BCUT2D eigenvalue weighted by Crippen LogP contribution is -2.44. The molecule has 25 heavy (non-hydrogen) atoms. The maximum atomic E-state index is 11.4. The highest BCUT2D eigenvalue weighted by Crippen LogP contribution is 2.41. The third-order valence-corrected chi connectivity index (χ3v) is 4.21.